The summed E-state index contributed by atoms with van der Waals surface area (Å²) in [5.41, 5.74) is 0. The van der Waals surface area contributed by atoms with Crippen LogP contribution < -0.4 is 10.2 Å². The topological polar surface area (TPSA) is 108 Å². The van der Waals surface area contributed by atoms with Crippen molar-refractivity contribution < 1.29 is 32.9 Å². The van der Waals surface area contributed by atoms with Crippen LogP contribution in [-0.2, 0) is 18.4 Å². The van der Waals surface area contributed by atoms with Crippen molar-refractivity contribution in [1.29, 1.82) is 0 Å². The zero-order valence-electron chi connectivity index (χ0n) is 28.4. The van der Waals surface area contributed by atoms with Gasteiger partial charge in [-0.1, -0.05) is 134 Å². The number of hydrogen-bond donors (Lipinski definition) is 2. The molecule has 0 saturated carbocycles. The van der Waals surface area contributed by atoms with Gasteiger partial charge >= 0.3 is 0 Å². The van der Waals surface area contributed by atoms with Crippen LogP contribution >= 0.6 is 7.82 Å². The average molecular weight is 631 g/mol. The molecule has 0 fully saturated rings. The number of phosphoric acid groups is 1. The highest BCUT2D eigenvalue weighted by Gasteiger charge is 2.23. The van der Waals surface area contributed by atoms with E-state index in [1.165, 1.54) is 83.5 Å². The zero-order chi connectivity index (χ0) is 32.2. The number of quaternary nitrogens is 1. The molecule has 43 heavy (non-hydrogen) atoms. The number of amides is 1. The van der Waals surface area contributed by atoms with E-state index in [2.05, 4.69) is 25.2 Å². The molecule has 1 amide bonds. The fourth-order valence-corrected chi connectivity index (χ4v) is 5.34. The highest BCUT2D eigenvalue weighted by atomic mass is 31.2. The van der Waals surface area contributed by atoms with E-state index in [0.29, 0.717) is 17.4 Å². The third-order valence-corrected chi connectivity index (χ3v) is 8.43. The number of carbonyl (C=O) groups excluding carboxylic acids is 1. The van der Waals surface area contributed by atoms with Crippen LogP contribution in [0, 0.1) is 0 Å². The number of unbranched alkanes of at least 4 members (excludes halogenated alkanes) is 16. The van der Waals surface area contributed by atoms with Gasteiger partial charge in [0.2, 0.25) is 5.91 Å². The van der Waals surface area contributed by atoms with E-state index in [1.54, 1.807) is 12.2 Å². The molecule has 0 saturated heterocycles. The lowest BCUT2D eigenvalue weighted by Gasteiger charge is -2.29. The largest absolute Gasteiger partial charge is 0.756 e. The number of allylic oxidation sites excluding steroid dienone is 3. The van der Waals surface area contributed by atoms with E-state index >= 15 is 0 Å². The van der Waals surface area contributed by atoms with Gasteiger partial charge in [0.05, 0.1) is 39.9 Å². The maximum atomic E-state index is 12.7. The molecule has 1 unspecified atom stereocenters. The van der Waals surface area contributed by atoms with Gasteiger partial charge in [0.1, 0.15) is 13.2 Å². The molecule has 8 nitrogen and oxygen atoms in total. The van der Waals surface area contributed by atoms with Crippen molar-refractivity contribution >= 4 is 13.7 Å². The zero-order valence-corrected chi connectivity index (χ0v) is 29.3. The second-order valence-electron chi connectivity index (χ2n) is 12.9. The lowest BCUT2D eigenvalue weighted by Crippen LogP contribution is -2.45. The molecule has 0 heterocycles. The normalized spacial score (nSPS) is 15.2. The Morgan fingerprint density at radius 2 is 1.33 bits per heavy atom. The Labute approximate surface area is 264 Å². The van der Waals surface area contributed by atoms with Gasteiger partial charge in [0, 0.05) is 6.42 Å². The summed E-state index contributed by atoms with van der Waals surface area (Å²) < 4.78 is 22.9. The molecular weight excluding hydrogens is 563 g/mol. The highest BCUT2D eigenvalue weighted by Crippen LogP contribution is 2.38. The summed E-state index contributed by atoms with van der Waals surface area (Å²) in [6.45, 7) is 4.53. The SMILES string of the molecule is CCCCCCCCC/C=C/C=C/[C@@H](O)[C@H](COP(=O)([O-])OCC[N+](C)(C)C)NC(=O)CCCCCCCCCCCC. The summed E-state index contributed by atoms with van der Waals surface area (Å²) in [7, 11) is 1.23. The van der Waals surface area contributed by atoms with E-state index in [9.17, 15) is 19.4 Å². The van der Waals surface area contributed by atoms with Crippen molar-refractivity contribution in [3.05, 3.63) is 24.3 Å². The number of nitrogens with one attached hydrogen (secondary N) is 1. The fraction of sp³-hybridized carbons (Fsp3) is 0.853. The summed E-state index contributed by atoms with van der Waals surface area (Å²) in [5, 5.41) is 13.6. The highest BCUT2D eigenvalue weighted by molar-refractivity contribution is 7.45. The van der Waals surface area contributed by atoms with Crippen LogP contribution in [0.1, 0.15) is 136 Å². The Morgan fingerprint density at radius 3 is 1.86 bits per heavy atom. The van der Waals surface area contributed by atoms with Crippen LogP contribution in [0.15, 0.2) is 24.3 Å². The molecule has 0 rings (SSSR count). The van der Waals surface area contributed by atoms with E-state index in [-0.39, 0.29) is 12.5 Å². The maximum Gasteiger partial charge on any atom is 0.268 e. The number of carbonyl (C=O) groups is 1. The first kappa shape index (κ1) is 42.0. The number of rotatable bonds is 30. The Bertz CT molecular complexity index is 768. The lowest BCUT2D eigenvalue weighted by atomic mass is 10.1. The van der Waals surface area contributed by atoms with Crippen molar-refractivity contribution in [2.45, 2.75) is 148 Å². The van der Waals surface area contributed by atoms with Gasteiger partial charge in [-0.05, 0) is 19.3 Å². The first-order valence-electron chi connectivity index (χ1n) is 17.2. The predicted octanol–water partition coefficient (Wildman–Crippen LogP) is 7.60. The molecule has 0 aromatic carbocycles. The van der Waals surface area contributed by atoms with Crippen molar-refractivity contribution in [3.8, 4) is 0 Å². The molecule has 0 spiro atoms. The Hall–Kier alpha value is -1.02. The first-order valence-corrected chi connectivity index (χ1v) is 18.7. The van der Waals surface area contributed by atoms with Crippen LogP contribution in [-0.4, -0.2) is 68.5 Å². The lowest BCUT2D eigenvalue weighted by molar-refractivity contribution is -0.870. The molecular formula is C34H67N2O6P. The third kappa shape index (κ3) is 29.5. The number of aliphatic hydroxyl groups is 1. The third-order valence-electron chi connectivity index (χ3n) is 7.47. The summed E-state index contributed by atoms with van der Waals surface area (Å²) in [5.74, 6) is -0.221. The number of hydrogen-bond acceptors (Lipinski definition) is 6. The molecule has 0 bridgehead atoms. The van der Waals surface area contributed by atoms with Crippen molar-refractivity contribution in [2.24, 2.45) is 0 Å². The Kier molecular flexibility index (Phi) is 26.7. The van der Waals surface area contributed by atoms with E-state index in [1.807, 2.05) is 27.2 Å². The average Bonchev–Trinajstić information content (AvgIpc) is 2.94. The van der Waals surface area contributed by atoms with Crippen LogP contribution in [0.2, 0.25) is 0 Å². The van der Waals surface area contributed by atoms with Gasteiger partial charge in [-0.15, -0.1) is 0 Å². The molecule has 0 aromatic heterocycles. The summed E-state index contributed by atoms with van der Waals surface area (Å²) in [6, 6.07) is -0.910. The summed E-state index contributed by atoms with van der Waals surface area (Å²) in [4.78, 5) is 25.0. The molecule has 2 N–H and O–H groups in total. The van der Waals surface area contributed by atoms with Gasteiger partial charge < -0.3 is 28.8 Å². The molecule has 0 aromatic rings. The molecule has 254 valence electrons. The van der Waals surface area contributed by atoms with Gasteiger partial charge in [-0.25, -0.2) is 0 Å². The second kappa shape index (κ2) is 27.3. The van der Waals surface area contributed by atoms with Crippen molar-refractivity contribution in [3.63, 3.8) is 0 Å². The van der Waals surface area contributed by atoms with Gasteiger partial charge in [-0.3, -0.25) is 9.36 Å². The smallest absolute Gasteiger partial charge is 0.268 e. The molecule has 0 aliphatic rings. The van der Waals surface area contributed by atoms with Crippen LogP contribution in [0.3, 0.4) is 0 Å². The van der Waals surface area contributed by atoms with Crippen molar-refractivity contribution in [2.75, 3.05) is 40.9 Å². The van der Waals surface area contributed by atoms with Gasteiger partial charge in [-0.2, -0.15) is 0 Å². The van der Waals surface area contributed by atoms with Crippen LogP contribution in [0.5, 0.6) is 0 Å². The van der Waals surface area contributed by atoms with E-state index in [4.69, 9.17) is 9.05 Å². The number of nitrogens with zero attached hydrogens (tertiary/aromatic N) is 1. The quantitative estimate of drug-likeness (QED) is 0.0366. The van der Waals surface area contributed by atoms with E-state index in [0.717, 1.165) is 32.1 Å². The van der Waals surface area contributed by atoms with Crippen LogP contribution in [0.4, 0.5) is 0 Å². The van der Waals surface area contributed by atoms with Crippen molar-refractivity contribution in [1.82, 2.24) is 5.32 Å². The summed E-state index contributed by atoms with van der Waals surface area (Å²) >= 11 is 0. The Morgan fingerprint density at radius 1 is 0.814 bits per heavy atom. The predicted molar refractivity (Wildman–Crippen MR) is 178 cm³/mol. The second-order valence-corrected chi connectivity index (χ2v) is 14.3. The maximum absolute atomic E-state index is 12.7. The molecule has 0 radical (unpaired) electrons. The number of likely N-dealkylation sites (N-methyl/N-ethyl adjacent to an activating group) is 1. The standard InChI is InChI=1S/C34H67N2O6P/c1-6-8-10-12-14-16-18-19-21-23-25-27-33(37)32(31-42-43(39,40)41-30-29-36(3,4)5)35-34(38)28-26-24-22-20-17-15-13-11-9-7-2/h21,23,25,27,32-33,37H,6-20,22,24,26,28-31H2,1-5H3,(H-,35,38,39,40)/b23-21+,27-25+/t32-,33+/m0/s1. The van der Waals surface area contributed by atoms with Crippen LogP contribution in [0.25, 0.3) is 0 Å². The minimum absolute atomic E-state index is 0.00790. The number of phosphoric ester groups is 1. The first-order chi connectivity index (χ1) is 20.5. The van der Waals surface area contributed by atoms with Gasteiger partial charge in [0.25, 0.3) is 7.82 Å². The minimum Gasteiger partial charge on any atom is -0.756 e. The molecule has 0 aliphatic carbocycles. The summed E-state index contributed by atoms with van der Waals surface area (Å²) in [6.07, 6.45) is 28.0. The minimum atomic E-state index is -4.58. The molecule has 0 aliphatic heterocycles. The van der Waals surface area contributed by atoms with Gasteiger partial charge in [0.15, 0.2) is 0 Å². The molecule has 9 heteroatoms. The monoisotopic (exact) mass is 630 g/mol. The molecule has 3 atom stereocenters. The fourth-order valence-electron chi connectivity index (χ4n) is 4.62. The van der Waals surface area contributed by atoms with E-state index < -0.39 is 26.6 Å². The number of aliphatic hydroxyl groups excluding tert-OH is 1. The Balaban J connectivity index is 4.70.